The number of hydrogen-bond acceptors (Lipinski definition) is 11. The fraction of sp³-hybridized carbons (Fsp3) is 0. The Morgan fingerprint density at radius 3 is 1.04 bits per heavy atom. The maximum absolute atomic E-state index is 8.42. The van der Waals surface area contributed by atoms with Crippen LogP contribution in [-0.2, 0) is 0 Å². The molecule has 19 heteroatoms. The zero-order chi connectivity index (χ0) is 18.1. The van der Waals surface area contributed by atoms with E-state index in [4.69, 9.17) is 22.1 Å². The van der Waals surface area contributed by atoms with Gasteiger partial charge in [-0.2, -0.15) is 19.9 Å². The van der Waals surface area contributed by atoms with Crippen molar-refractivity contribution in [1.29, 1.82) is 0 Å². The molecule has 0 spiro atoms. The zero-order valence-corrected chi connectivity index (χ0v) is 11.5. The second-order valence-corrected chi connectivity index (χ2v) is 3.40. The number of azide groups is 4. The summed E-state index contributed by atoms with van der Waals surface area (Å²) in [7, 11) is 0. The van der Waals surface area contributed by atoms with Crippen LogP contribution in [0, 0.1) is 0 Å². The Bertz CT molecular complexity index is 841. The Morgan fingerprint density at radius 2 is 0.800 bits per heavy atom. The molecule has 0 aliphatic heterocycles. The van der Waals surface area contributed by atoms with E-state index in [2.05, 4.69) is 75.3 Å². The van der Waals surface area contributed by atoms with E-state index in [0.29, 0.717) is 0 Å². The molecular weight excluding hydrogens is 338 g/mol. The van der Waals surface area contributed by atoms with E-state index in [1.165, 1.54) is 0 Å². The molecule has 1 N–H and O–H groups in total. The average Bonchev–Trinajstić information content (AvgIpc) is 2.55. The van der Waals surface area contributed by atoms with E-state index in [-0.39, 0.29) is 11.9 Å². The highest BCUT2D eigenvalue weighted by Gasteiger charge is 2.09. The summed E-state index contributed by atoms with van der Waals surface area (Å²) in [4.78, 5) is 31.9. The minimum atomic E-state index is -0.401. The van der Waals surface area contributed by atoms with Crippen molar-refractivity contribution >= 4 is 35.7 Å². The van der Waals surface area contributed by atoms with E-state index < -0.39 is 23.8 Å². The molecule has 2 rings (SSSR count). The van der Waals surface area contributed by atoms with Gasteiger partial charge >= 0.3 is 0 Å². The molecular formula is C6HN19. The van der Waals surface area contributed by atoms with Crippen LogP contribution in [0.1, 0.15) is 0 Å². The molecule has 0 aromatic carbocycles. The van der Waals surface area contributed by atoms with Gasteiger partial charge in [0.1, 0.15) is 0 Å². The molecule has 120 valence electrons. The van der Waals surface area contributed by atoms with Crippen molar-refractivity contribution in [2.24, 2.45) is 20.5 Å². The molecule has 0 radical (unpaired) electrons. The molecule has 2 aromatic rings. The van der Waals surface area contributed by atoms with Gasteiger partial charge in [0, 0.05) is 19.6 Å². The van der Waals surface area contributed by atoms with Gasteiger partial charge in [-0.25, -0.2) is 9.97 Å². The van der Waals surface area contributed by atoms with Gasteiger partial charge in [0.05, 0.1) is 0 Å². The standard InChI is InChI=1S/C6HN19/c7-22-18-3-12-1(13-4(16-3)19-23-8)11-2-14-5(20-24-9)17-6(15-2)21-25-10/h(H,11,12,13,14,15,16,17). The zero-order valence-electron chi connectivity index (χ0n) is 11.5. The molecule has 25 heavy (non-hydrogen) atoms. The van der Waals surface area contributed by atoms with Crippen LogP contribution < -0.4 is 5.32 Å². The third kappa shape index (κ3) is 4.51. The van der Waals surface area contributed by atoms with Crippen LogP contribution in [0.2, 0.25) is 0 Å². The first-order valence-electron chi connectivity index (χ1n) is 5.68. The van der Waals surface area contributed by atoms with Crippen molar-refractivity contribution in [3.05, 3.63) is 41.8 Å². The molecule has 0 saturated carbocycles. The summed E-state index contributed by atoms with van der Waals surface area (Å²) in [5.41, 5.74) is 33.7. The smallest absolute Gasteiger partial charge is 0.233 e. The number of rotatable bonds is 6. The van der Waals surface area contributed by atoms with Gasteiger partial charge in [-0.05, 0) is 42.6 Å². The Balaban J connectivity index is 2.50. The third-order valence-electron chi connectivity index (χ3n) is 1.98. The van der Waals surface area contributed by atoms with Crippen LogP contribution in [-0.4, -0.2) is 29.9 Å². The number of nitrogens with one attached hydrogen (secondary N) is 1. The van der Waals surface area contributed by atoms with Crippen molar-refractivity contribution in [3.63, 3.8) is 0 Å². The van der Waals surface area contributed by atoms with Crippen LogP contribution >= 0.6 is 0 Å². The first-order valence-corrected chi connectivity index (χ1v) is 5.68. The largest absolute Gasteiger partial charge is 0.292 e. The number of hydrogen-bond donors (Lipinski definition) is 1. The number of aromatic nitrogens is 6. The number of nitrogens with zero attached hydrogens (tertiary/aromatic N) is 18. The summed E-state index contributed by atoms with van der Waals surface area (Å²) >= 11 is 0. The van der Waals surface area contributed by atoms with E-state index in [9.17, 15) is 0 Å². The van der Waals surface area contributed by atoms with E-state index in [0.717, 1.165) is 0 Å². The second kappa shape index (κ2) is 7.90. The summed E-state index contributed by atoms with van der Waals surface area (Å²) < 4.78 is 0. The maximum Gasteiger partial charge on any atom is 0.233 e. The van der Waals surface area contributed by atoms with E-state index >= 15 is 0 Å². The molecule has 2 heterocycles. The Morgan fingerprint density at radius 1 is 0.520 bits per heavy atom. The summed E-state index contributed by atoms with van der Waals surface area (Å²) in [5, 5.41) is 15.1. The minimum absolute atomic E-state index is 0.273. The predicted octanol–water partition coefficient (Wildman–Crippen LogP) is 3.57. The third-order valence-corrected chi connectivity index (χ3v) is 1.98. The van der Waals surface area contributed by atoms with Gasteiger partial charge in [-0.1, -0.05) is 0 Å². The molecule has 0 bridgehead atoms. The first kappa shape index (κ1) is 16.4. The fourth-order valence-electron chi connectivity index (χ4n) is 1.26. The Hall–Kier alpha value is -4.94. The first-order chi connectivity index (χ1) is 12.2. The van der Waals surface area contributed by atoms with Crippen molar-refractivity contribution in [1.82, 2.24) is 29.9 Å². The molecule has 19 nitrogen and oxygen atoms in total. The average molecular weight is 339 g/mol. The van der Waals surface area contributed by atoms with Gasteiger partial charge in [0.15, 0.2) is 0 Å². The van der Waals surface area contributed by atoms with Gasteiger partial charge in [0.25, 0.3) is 0 Å². The molecule has 0 unspecified atom stereocenters. The van der Waals surface area contributed by atoms with E-state index in [1.807, 2.05) is 0 Å². The number of anilines is 2. The predicted molar refractivity (Wildman–Crippen MR) is 78.2 cm³/mol. The van der Waals surface area contributed by atoms with Gasteiger partial charge in [-0.15, -0.1) is 0 Å². The quantitative estimate of drug-likeness (QED) is 0.462. The van der Waals surface area contributed by atoms with Crippen molar-refractivity contribution in [3.8, 4) is 0 Å². The normalized spacial score (nSPS) is 8.80. The fourth-order valence-corrected chi connectivity index (χ4v) is 1.26. The van der Waals surface area contributed by atoms with Crippen molar-refractivity contribution in [2.45, 2.75) is 0 Å². The van der Waals surface area contributed by atoms with Gasteiger partial charge in [-0.3, -0.25) is 5.32 Å². The minimum Gasteiger partial charge on any atom is -0.292 e. The lowest BCUT2D eigenvalue weighted by Crippen LogP contribution is -2.03. The highest BCUT2D eigenvalue weighted by Crippen LogP contribution is 2.19. The summed E-state index contributed by atoms with van der Waals surface area (Å²) in [6.07, 6.45) is 0. The molecule has 0 saturated heterocycles. The van der Waals surface area contributed by atoms with Crippen LogP contribution in [0.15, 0.2) is 20.5 Å². The maximum atomic E-state index is 8.42. The molecule has 2 aromatic heterocycles. The highest BCUT2D eigenvalue weighted by atomic mass is 15.4. The summed E-state index contributed by atoms with van der Waals surface area (Å²) in [6, 6.07) is 0. The molecule has 0 atom stereocenters. The van der Waals surface area contributed by atoms with Crippen LogP contribution in [0.25, 0.3) is 41.8 Å². The summed E-state index contributed by atoms with van der Waals surface area (Å²) in [5.74, 6) is -2.15. The van der Waals surface area contributed by atoms with Gasteiger partial charge < -0.3 is 0 Å². The molecule has 0 fully saturated rings. The second-order valence-electron chi connectivity index (χ2n) is 3.40. The van der Waals surface area contributed by atoms with Gasteiger partial charge in [0.2, 0.25) is 35.7 Å². The monoisotopic (exact) mass is 339 g/mol. The Kier molecular flexibility index (Phi) is 5.19. The van der Waals surface area contributed by atoms with Crippen LogP contribution in [0.4, 0.5) is 35.7 Å². The molecule has 0 aliphatic rings. The topological polar surface area (TPSA) is 284 Å². The lowest BCUT2D eigenvalue weighted by atomic mass is 10.7. The SMILES string of the molecule is [N-]=[N+]=Nc1nc(N=[N+]=[N-])nc(Nc2nc(N=[N+]=[N-])nc(N=[N+]=[N-])n2)n1. The highest BCUT2D eigenvalue weighted by molar-refractivity contribution is 5.48. The lowest BCUT2D eigenvalue weighted by Gasteiger charge is -2.04. The molecule has 0 aliphatic carbocycles. The van der Waals surface area contributed by atoms with Crippen LogP contribution in [0.3, 0.4) is 0 Å². The lowest BCUT2D eigenvalue weighted by molar-refractivity contribution is 0.989. The summed E-state index contributed by atoms with van der Waals surface area (Å²) in [6.45, 7) is 0. The van der Waals surface area contributed by atoms with Crippen molar-refractivity contribution in [2.75, 3.05) is 5.32 Å². The van der Waals surface area contributed by atoms with Crippen molar-refractivity contribution < 1.29 is 0 Å². The van der Waals surface area contributed by atoms with Crippen LogP contribution in [0.5, 0.6) is 0 Å². The molecule has 0 amide bonds. The van der Waals surface area contributed by atoms with E-state index in [1.54, 1.807) is 0 Å². The Labute approximate surface area is 134 Å².